The molecule has 0 saturated carbocycles. The monoisotopic (exact) mass is 435 g/mol. The molecule has 1 fully saturated rings. The van der Waals surface area contributed by atoms with Gasteiger partial charge in [-0.2, -0.15) is 0 Å². The van der Waals surface area contributed by atoms with Crippen LogP contribution < -0.4 is 0 Å². The van der Waals surface area contributed by atoms with Gasteiger partial charge >= 0.3 is 6.09 Å². The lowest BCUT2D eigenvalue weighted by Crippen LogP contribution is -2.43. The summed E-state index contributed by atoms with van der Waals surface area (Å²) in [5.74, 6) is 0. The smallest absolute Gasteiger partial charge is 0.412 e. The summed E-state index contributed by atoms with van der Waals surface area (Å²) in [6.45, 7) is 15.5. The third kappa shape index (κ3) is 6.41. The Morgan fingerprint density at radius 1 is 1.33 bits per heavy atom. The zero-order valence-electron chi connectivity index (χ0n) is 19.3. The molecule has 1 aliphatic heterocycles. The van der Waals surface area contributed by atoms with Gasteiger partial charge in [-0.05, 0) is 37.5 Å². The molecule has 0 bridgehead atoms. The van der Waals surface area contributed by atoms with E-state index in [1.54, 1.807) is 19.9 Å². The van der Waals surface area contributed by atoms with E-state index in [9.17, 15) is 9.90 Å². The number of amides is 1. The molecule has 2 atom stereocenters. The molecule has 1 saturated heterocycles. The Morgan fingerprint density at radius 2 is 1.97 bits per heavy atom. The molecule has 0 spiro atoms. The van der Waals surface area contributed by atoms with Gasteiger partial charge in [0.05, 0.1) is 13.2 Å². The molecule has 30 heavy (non-hydrogen) atoms. The van der Waals surface area contributed by atoms with Crippen molar-refractivity contribution in [1.82, 2.24) is 4.90 Å². The Kier molecular flexibility index (Phi) is 7.90. The molecule has 0 aliphatic carbocycles. The fourth-order valence-corrected chi connectivity index (χ4v) is 3.88. The van der Waals surface area contributed by atoms with Crippen LogP contribution in [-0.4, -0.2) is 55.5 Å². The zero-order chi connectivity index (χ0) is 22.6. The van der Waals surface area contributed by atoms with Crippen molar-refractivity contribution in [2.75, 3.05) is 13.2 Å². The number of hydrogen-bond donors (Lipinski definition) is 1. The van der Waals surface area contributed by atoms with Gasteiger partial charge in [0.25, 0.3) is 0 Å². The third-order valence-electron chi connectivity index (χ3n) is 5.94. The number of rotatable bonds is 7. The number of nitrogens with zero attached hydrogens (tertiary/aromatic N) is 1. The summed E-state index contributed by atoms with van der Waals surface area (Å²) < 4.78 is 17.5. The highest BCUT2D eigenvalue weighted by Crippen LogP contribution is 2.36. The van der Waals surface area contributed by atoms with Crippen LogP contribution in [0.15, 0.2) is 42.5 Å². The van der Waals surface area contributed by atoms with Gasteiger partial charge < -0.3 is 19.0 Å². The fourth-order valence-electron chi connectivity index (χ4n) is 2.93. The summed E-state index contributed by atoms with van der Waals surface area (Å²) in [7, 11) is -1.83. The van der Waals surface area contributed by atoms with E-state index >= 15 is 0 Å². The molecule has 2 rings (SSSR count). The van der Waals surface area contributed by atoms with Crippen LogP contribution in [0.5, 0.6) is 0 Å². The second kappa shape index (κ2) is 9.64. The van der Waals surface area contributed by atoms with E-state index in [1.807, 2.05) is 36.4 Å². The number of benzene rings is 1. The van der Waals surface area contributed by atoms with Crippen LogP contribution in [-0.2, 0) is 20.5 Å². The highest BCUT2D eigenvalue weighted by Gasteiger charge is 2.45. The predicted molar refractivity (Wildman–Crippen MR) is 121 cm³/mol. The maximum atomic E-state index is 12.6. The lowest BCUT2D eigenvalue weighted by Gasteiger charge is -2.35. The van der Waals surface area contributed by atoms with Gasteiger partial charge in [-0.1, -0.05) is 63.3 Å². The number of carbonyl (C=O) groups is 1. The van der Waals surface area contributed by atoms with E-state index in [1.165, 1.54) is 4.90 Å². The van der Waals surface area contributed by atoms with Gasteiger partial charge in [0.2, 0.25) is 0 Å². The first kappa shape index (κ1) is 24.6. The van der Waals surface area contributed by atoms with E-state index in [0.29, 0.717) is 6.61 Å². The summed E-state index contributed by atoms with van der Waals surface area (Å²) in [4.78, 5) is 14.1. The second-order valence-electron chi connectivity index (χ2n) is 9.74. The van der Waals surface area contributed by atoms with Gasteiger partial charge in [-0.25, -0.2) is 4.79 Å². The van der Waals surface area contributed by atoms with Gasteiger partial charge in [0.15, 0.2) is 8.32 Å². The molecule has 6 nitrogen and oxygen atoms in total. The number of hydrogen-bond acceptors (Lipinski definition) is 5. The highest BCUT2D eigenvalue weighted by atomic mass is 28.4. The molecule has 1 heterocycles. The first-order valence-corrected chi connectivity index (χ1v) is 13.4. The average molecular weight is 436 g/mol. The van der Waals surface area contributed by atoms with Crippen LogP contribution in [0.3, 0.4) is 0 Å². The van der Waals surface area contributed by atoms with E-state index in [-0.39, 0.29) is 18.2 Å². The van der Waals surface area contributed by atoms with E-state index in [2.05, 4.69) is 33.9 Å². The van der Waals surface area contributed by atoms with E-state index < -0.39 is 32.3 Å². The molecule has 1 aromatic rings. The van der Waals surface area contributed by atoms with Gasteiger partial charge in [-0.3, -0.25) is 4.90 Å². The standard InChI is InChI=1S/C23H37NO5Si/c1-22(2,3)30(6,7)28-15-11-14-19(25)20-16-24(23(4,5)29-20)21(26)27-17-18-12-9-8-10-13-18/h8-14,19-20,25H,15-17H2,1-7H3/b14-11+/t19?,20-/m0/s1. The maximum absolute atomic E-state index is 12.6. The Hall–Kier alpha value is -1.67. The SMILES string of the molecule is CC1(C)O[C@H](C(O)/C=C/CO[Si](C)(C)C(C)(C)C)CN1C(=O)OCc1ccccc1. The van der Waals surface area contributed by atoms with Crippen molar-refractivity contribution in [3.63, 3.8) is 0 Å². The molecular weight excluding hydrogens is 398 g/mol. The summed E-state index contributed by atoms with van der Waals surface area (Å²) in [5.41, 5.74) is 0.0651. The van der Waals surface area contributed by atoms with E-state index in [0.717, 1.165) is 5.56 Å². The Bertz CT molecular complexity index is 727. The number of aliphatic hydroxyl groups excluding tert-OH is 1. The minimum absolute atomic E-state index is 0.138. The first-order valence-electron chi connectivity index (χ1n) is 10.5. The summed E-state index contributed by atoms with van der Waals surface area (Å²) in [5, 5.41) is 10.7. The highest BCUT2D eigenvalue weighted by molar-refractivity contribution is 6.74. The number of aliphatic hydroxyl groups is 1. The van der Waals surface area contributed by atoms with Crippen molar-refractivity contribution < 1.29 is 23.8 Å². The fraction of sp³-hybridized carbons (Fsp3) is 0.609. The first-order chi connectivity index (χ1) is 13.8. The molecule has 1 aliphatic rings. The number of ether oxygens (including phenoxy) is 2. The van der Waals surface area contributed by atoms with Crippen LogP contribution in [0.1, 0.15) is 40.2 Å². The topological polar surface area (TPSA) is 68.2 Å². The summed E-state index contributed by atoms with van der Waals surface area (Å²) in [6, 6.07) is 9.53. The van der Waals surface area contributed by atoms with Crippen molar-refractivity contribution >= 4 is 14.4 Å². The molecule has 1 unspecified atom stereocenters. The van der Waals surface area contributed by atoms with Crippen LogP contribution in [0, 0.1) is 0 Å². The Labute approximate surface area is 182 Å². The lowest BCUT2D eigenvalue weighted by molar-refractivity contribution is -0.0913. The molecular formula is C23H37NO5Si. The van der Waals surface area contributed by atoms with Crippen molar-refractivity contribution in [3.8, 4) is 0 Å². The maximum Gasteiger partial charge on any atom is 0.412 e. The molecule has 0 aromatic heterocycles. The molecule has 1 N–H and O–H groups in total. The molecule has 1 amide bonds. The molecule has 0 radical (unpaired) electrons. The van der Waals surface area contributed by atoms with Crippen molar-refractivity contribution in [3.05, 3.63) is 48.0 Å². The summed E-state index contributed by atoms with van der Waals surface area (Å²) in [6.07, 6.45) is 1.71. The van der Waals surface area contributed by atoms with Gasteiger partial charge in [0.1, 0.15) is 24.5 Å². The minimum Gasteiger partial charge on any atom is -0.444 e. The van der Waals surface area contributed by atoms with Crippen LogP contribution >= 0.6 is 0 Å². The van der Waals surface area contributed by atoms with Gasteiger partial charge in [0, 0.05) is 0 Å². The lowest BCUT2D eigenvalue weighted by atomic mass is 10.2. The largest absolute Gasteiger partial charge is 0.444 e. The van der Waals surface area contributed by atoms with Crippen molar-refractivity contribution in [2.24, 2.45) is 0 Å². The quantitative estimate of drug-likeness (QED) is 0.497. The minimum atomic E-state index is -1.83. The average Bonchev–Trinajstić information content (AvgIpc) is 2.98. The summed E-state index contributed by atoms with van der Waals surface area (Å²) >= 11 is 0. The Morgan fingerprint density at radius 3 is 2.57 bits per heavy atom. The van der Waals surface area contributed by atoms with Gasteiger partial charge in [-0.15, -0.1) is 0 Å². The van der Waals surface area contributed by atoms with Crippen LogP contribution in [0.2, 0.25) is 18.1 Å². The van der Waals surface area contributed by atoms with E-state index in [4.69, 9.17) is 13.9 Å². The second-order valence-corrected chi connectivity index (χ2v) is 14.6. The van der Waals surface area contributed by atoms with Crippen molar-refractivity contribution in [1.29, 1.82) is 0 Å². The normalized spacial score (nSPS) is 20.5. The zero-order valence-corrected chi connectivity index (χ0v) is 20.3. The van der Waals surface area contributed by atoms with Crippen LogP contribution in [0.4, 0.5) is 4.79 Å². The molecule has 168 valence electrons. The predicted octanol–water partition coefficient (Wildman–Crippen LogP) is 4.70. The Balaban J connectivity index is 1.88. The third-order valence-corrected chi connectivity index (χ3v) is 10.4. The molecule has 7 heteroatoms. The van der Waals surface area contributed by atoms with Crippen LogP contribution in [0.25, 0.3) is 0 Å². The molecule has 1 aromatic carbocycles. The van der Waals surface area contributed by atoms with Crippen molar-refractivity contribution in [2.45, 2.75) is 77.3 Å². The number of carbonyl (C=O) groups excluding carboxylic acids is 1.